The molecular formula is C15H16ClFN2O3. The van der Waals surface area contributed by atoms with E-state index in [1.165, 1.54) is 18.4 Å². The third-order valence-electron chi connectivity index (χ3n) is 3.66. The van der Waals surface area contributed by atoms with Crippen molar-refractivity contribution in [1.82, 2.24) is 9.88 Å². The van der Waals surface area contributed by atoms with E-state index in [-0.39, 0.29) is 18.2 Å². The highest BCUT2D eigenvalue weighted by molar-refractivity contribution is 5.85. The number of oxazole rings is 1. The predicted molar refractivity (Wildman–Crippen MR) is 80.2 cm³/mol. The summed E-state index contributed by atoms with van der Waals surface area (Å²) in [5.41, 5.74) is 1.38. The van der Waals surface area contributed by atoms with Crippen LogP contribution in [0.15, 0.2) is 34.9 Å². The van der Waals surface area contributed by atoms with Gasteiger partial charge in [-0.15, -0.1) is 12.4 Å². The van der Waals surface area contributed by atoms with E-state index in [1.54, 1.807) is 12.1 Å². The second-order valence-corrected chi connectivity index (χ2v) is 5.12. The lowest BCUT2D eigenvalue weighted by Crippen LogP contribution is -2.35. The molecule has 2 heterocycles. The number of rotatable bonds is 4. The number of carboxylic acids is 1. The number of carbonyl (C=O) groups is 1. The maximum atomic E-state index is 12.9. The van der Waals surface area contributed by atoms with Crippen molar-refractivity contribution >= 4 is 18.4 Å². The number of benzene rings is 1. The van der Waals surface area contributed by atoms with Gasteiger partial charge in [0.2, 0.25) is 5.89 Å². The van der Waals surface area contributed by atoms with Crippen LogP contribution >= 0.6 is 12.4 Å². The Labute approximate surface area is 133 Å². The van der Waals surface area contributed by atoms with Crippen molar-refractivity contribution in [3.63, 3.8) is 0 Å². The molecule has 1 saturated heterocycles. The van der Waals surface area contributed by atoms with E-state index >= 15 is 0 Å². The van der Waals surface area contributed by atoms with Gasteiger partial charge in [0.1, 0.15) is 18.1 Å². The van der Waals surface area contributed by atoms with Crippen molar-refractivity contribution in [2.75, 3.05) is 6.54 Å². The minimum absolute atomic E-state index is 0. The summed E-state index contributed by atoms with van der Waals surface area (Å²) in [6, 6.07) is 5.44. The number of nitrogens with zero attached hydrogens (tertiary/aromatic N) is 2. The average molecular weight is 327 g/mol. The molecular weight excluding hydrogens is 311 g/mol. The van der Waals surface area contributed by atoms with E-state index in [0.29, 0.717) is 30.1 Å². The molecule has 0 bridgehead atoms. The number of hydrogen-bond donors (Lipinski definition) is 1. The molecule has 1 aliphatic heterocycles. The summed E-state index contributed by atoms with van der Waals surface area (Å²) in [5.74, 6) is -0.697. The van der Waals surface area contributed by atoms with Crippen molar-refractivity contribution in [2.45, 2.75) is 25.4 Å². The highest BCUT2D eigenvalue weighted by Gasteiger charge is 2.30. The van der Waals surface area contributed by atoms with E-state index < -0.39 is 12.0 Å². The number of likely N-dealkylation sites (tertiary alicyclic amines) is 1. The standard InChI is InChI=1S/C15H15FN2O3.ClH/c16-11-5-3-10(4-6-11)14-17-12(9-21-14)8-18-7-1-2-13(18)15(19)20;/h3-6,9,13H,1-2,7-8H2,(H,19,20);1H. The molecule has 1 aromatic heterocycles. The maximum absolute atomic E-state index is 12.9. The van der Waals surface area contributed by atoms with Gasteiger partial charge >= 0.3 is 5.97 Å². The van der Waals surface area contributed by atoms with Crippen molar-refractivity contribution in [1.29, 1.82) is 0 Å². The Balaban J connectivity index is 0.00000176. The topological polar surface area (TPSA) is 66.6 Å². The molecule has 1 unspecified atom stereocenters. The third-order valence-corrected chi connectivity index (χ3v) is 3.66. The lowest BCUT2D eigenvalue weighted by atomic mass is 10.2. The molecule has 1 N–H and O–H groups in total. The summed E-state index contributed by atoms with van der Waals surface area (Å²) < 4.78 is 18.3. The van der Waals surface area contributed by atoms with Crippen LogP contribution in [0.2, 0.25) is 0 Å². The van der Waals surface area contributed by atoms with Crippen molar-refractivity contribution in [3.05, 3.63) is 42.0 Å². The monoisotopic (exact) mass is 326 g/mol. The first kappa shape index (κ1) is 16.5. The molecule has 0 aliphatic carbocycles. The van der Waals surface area contributed by atoms with Crippen LogP contribution in [0.5, 0.6) is 0 Å². The highest BCUT2D eigenvalue weighted by atomic mass is 35.5. The smallest absolute Gasteiger partial charge is 0.320 e. The van der Waals surface area contributed by atoms with Gasteiger partial charge in [-0.1, -0.05) is 0 Å². The molecule has 2 aromatic rings. The Morgan fingerprint density at radius 3 is 2.82 bits per heavy atom. The zero-order valence-corrected chi connectivity index (χ0v) is 12.6. The Morgan fingerprint density at radius 1 is 1.41 bits per heavy atom. The highest BCUT2D eigenvalue weighted by Crippen LogP contribution is 2.23. The summed E-state index contributed by atoms with van der Waals surface area (Å²) >= 11 is 0. The summed E-state index contributed by atoms with van der Waals surface area (Å²) in [5, 5.41) is 9.15. The molecule has 22 heavy (non-hydrogen) atoms. The van der Waals surface area contributed by atoms with Crippen LogP contribution in [0.3, 0.4) is 0 Å². The van der Waals surface area contributed by atoms with E-state index in [9.17, 15) is 9.18 Å². The zero-order valence-electron chi connectivity index (χ0n) is 11.7. The first-order chi connectivity index (χ1) is 10.1. The van der Waals surface area contributed by atoms with Crippen molar-refractivity contribution in [2.24, 2.45) is 0 Å². The summed E-state index contributed by atoms with van der Waals surface area (Å²) in [6.45, 7) is 1.19. The second kappa shape index (κ2) is 6.89. The van der Waals surface area contributed by atoms with Crippen LogP contribution in [0.1, 0.15) is 18.5 Å². The van der Waals surface area contributed by atoms with Crippen LogP contribution in [0, 0.1) is 5.82 Å². The fourth-order valence-electron chi connectivity index (χ4n) is 2.61. The van der Waals surface area contributed by atoms with E-state index in [4.69, 9.17) is 9.52 Å². The van der Waals surface area contributed by atoms with Gasteiger partial charge in [-0.05, 0) is 43.7 Å². The van der Waals surface area contributed by atoms with Crippen LogP contribution in [0.25, 0.3) is 11.5 Å². The second-order valence-electron chi connectivity index (χ2n) is 5.12. The van der Waals surface area contributed by atoms with Crippen LogP contribution in [0.4, 0.5) is 4.39 Å². The number of carboxylic acid groups (broad SMARTS) is 1. The first-order valence-electron chi connectivity index (χ1n) is 6.80. The minimum atomic E-state index is -0.797. The third kappa shape index (κ3) is 3.45. The fourth-order valence-corrected chi connectivity index (χ4v) is 2.61. The predicted octanol–water partition coefficient (Wildman–Crippen LogP) is 2.95. The van der Waals surface area contributed by atoms with Gasteiger partial charge in [-0.3, -0.25) is 9.69 Å². The fraction of sp³-hybridized carbons (Fsp3) is 0.333. The van der Waals surface area contributed by atoms with E-state index in [1.807, 2.05) is 4.90 Å². The minimum Gasteiger partial charge on any atom is -0.480 e. The quantitative estimate of drug-likeness (QED) is 0.935. The molecule has 1 atom stereocenters. The number of aromatic nitrogens is 1. The van der Waals surface area contributed by atoms with E-state index in [2.05, 4.69) is 4.98 Å². The van der Waals surface area contributed by atoms with Gasteiger partial charge in [0.05, 0.1) is 5.69 Å². The Kier molecular flexibility index (Phi) is 5.15. The maximum Gasteiger partial charge on any atom is 0.320 e. The number of hydrogen-bond acceptors (Lipinski definition) is 4. The Morgan fingerprint density at radius 2 is 2.14 bits per heavy atom. The molecule has 0 radical (unpaired) electrons. The normalized spacial score (nSPS) is 18.1. The van der Waals surface area contributed by atoms with Crippen LogP contribution in [-0.4, -0.2) is 33.5 Å². The Bertz CT molecular complexity index is 644. The zero-order chi connectivity index (χ0) is 14.8. The SMILES string of the molecule is Cl.O=C(O)C1CCCN1Cc1coc(-c2ccc(F)cc2)n1. The Hall–Kier alpha value is -1.92. The summed E-state index contributed by atoms with van der Waals surface area (Å²) in [7, 11) is 0. The average Bonchev–Trinajstić information content (AvgIpc) is 3.09. The van der Waals surface area contributed by atoms with Gasteiger partial charge in [0.25, 0.3) is 0 Å². The molecule has 0 saturated carbocycles. The molecule has 0 amide bonds. The lowest BCUT2D eigenvalue weighted by Gasteiger charge is -2.19. The molecule has 5 nitrogen and oxygen atoms in total. The van der Waals surface area contributed by atoms with Gasteiger partial charge in [-0.25, -0.2) is 9.37 Å². The molecule has 1 aromatic carbocycles. The molecule has 1 aliphatic rings. The first-order valence-corrected chi connectivity index (χ1v) is 6.80. The lowest BCUT2D eigenvalue weighted by molar-refractivity contribution is -0.142. The van der Waals surface area contributed by atoms with Crippen LogP contribution < -0.4 is 0 Å². The van der Waals surface area contributed by atoms with Gasteiger partial charge in [0, 0.05) is 12.1 Å². The van der Waals surface area contributed by atoms with Gasteiger partial charge in [-0.2, -0.15) is 0 Å². The molecule has 0 spiro atoms. The van der Waals surface area contributed by atoms with Crippen molar-refractivity contribution < 1.29 is 18.7 Å². The van der Waals surface area contributed by atoms with Crippen LogP contribution in [-0.2, 0) is 11.3 Å². The number of aliphatic carboxylic acids is 1. The largest absolute Gasteiger partial charge is 0.480 e. The van der Waals surface area contributed by atoms with E-state index in [0.717, 1.165) is 13.0 Å². The number of halogens is 2. The molecule has 1 fully saturated rings. The van der Waals surface area contributed by atoms with Gasteiger partial charge < -0.3 is 9.52 Å². The summed E-state index contributed by atoms with van der Waals surface area (Å²) in [6.07, 6.45) is 3.06. The van der Waals surface area contributed by atoms with Crippen molar-refractivity contribution in [3.8, 4) is 11.5 Å². The molecule has 7 heteroatoms. The summed E-state index contributed by atoms with van der Waals surface area (Å²) in [4.78, 5) is 17.4. The van der Waals surface area contributed by atoms with Gasteiger partial charge in [0.15, 0.2) is 0 Å². The molecule has 118 valence electrons. The molecule has 3 rings (SSSR count).